The van der Waals surface area contributed by atoms with E-state index < -0.39 is 15.6 Å². The molecule has 0 amide bonds. The van der Waals surface area contributed by atoms with Crippen molar-refractivity contribution in [3.8, 4) is 0 Å². The number of aliphatic hydroxyl groups excluding tert-OH is 1. The van der Waals surface area contributed by atoms with Crippen molar-refractivity contribution in [3.05, 3.63) is 12.7 Å². The third-order valence-electron chi connectivity index (χ3n) is 0.497. The van der Waals surface area contributed by atoms with E-state index in [4.69, 9.17) is 5.11 Å². The molecule has 0 saturated carbocycles. The Labute approximate surface area is 75.6 Å². The molecule has 0 radical (unpaired) electrons. The Balaban J connectivity index is 0. The van der Waals surface area contributed by atoms with Crippen LogP contribution in [0.4, 0.5) is 0 Å². The minimum Gasteiger partial charge on any atom is -0.746 e. The Morgan fingerprint density at radius 3 is 2.00 bits per heavy atom. The second-order valence-corrected chi connectivity index (χ2v) is 2.59. The van der Waals surface area contributed by atoms with Crippen molar-refractivity contribution in [1.82, 2.24) is 0 Å². The van der Waals surface area contributed by atoms with Gasteiger partial charge < -0.3 is 9.66 Å². The van der Waals surface area contributed by atoms with Gasteiger partial charge in [0.2, 0.25) is 0 Å². The Bertz CT molecular complexity index is 172. The van der Waals surface area contributed by atoms with Gasteiger partial charge in [0.05, 0.1) is 0 Å². The van der Waals surface area contributed by atoms with E-state index in [0.717, 1.165) is 0 Å². The maximum atomic E-state index is 9.69. The van der Waals surface area contributed by atoms with E-state index in [1.165, 1.54) is 0 Å². The third-order valence-corrected chi connectivity index (χ3v) is 1.28. The largest absolute Gasteiger partial charge is 1.00 e. The summed E-state index contributed by atoms with van der Waals surface area (Å²) in [5, 5.41) is 8.18. The first kappa shape index (κ1) is 12.3. The van der Waals surface area contributed by atoms with E-state index in [1.54, 1.807) is 0 Å². The van der Waals surface area contributed by atoms with Crippen LogP contribution >= 0.6 is 0 Å². The molecule has 0 aliphatic rings. The molecule has 1 unspecified atom stereocenters. The van der Waals surface area contributed by atoms with Crippen LogP contribution in [0.15, 0.2) is 12.7 Å². The van der Waals surface area contributed by atoms with Crippen molar-refractivity contribution in [1.29, 1.82) is 0 Å². The smallest absolute Gasteiger partial charge is 0.746 e. The van der Waals surface area contributed by atoms with E-state index in [0.29, 0.717) is 6.08 Å². The molecule has 0 rings (SSSR count). The van der Waals surface area contributed by atoms with Gasteiger partial charge >= 0.3 is 29.6 Å². The van der Waals surface area contributed by atoms with Crippen molar-refractivity contribution in [2.75, 3.05) is 0 Å². The minimum atomic E-state index is -4.57. The Morgan fingerprint density at radius 1 is 1.67 bits per heavy atom. The number of aliphatic hydroxyl groups is 1. The fourth-order valence-electron chi connectivity index (χ4n) is 0.118. The summed E-state index contributed by atoms with van der Waals surface area (Å²) in [6.45, 7) is 2.90. The normalized spacial score (nSPS) is 13.6. The minimum absolute atomic E-state index is 0. The number of hydrogen-bond acceptors (Lipinski definition) is 4. The van der Waals surface area contributed by atoms with Crippen molar-refractivity contribution in [2.45, 2.75) is 5.44 Å². The predicted molar refractivity (Wildman–Crippen MR) is 25.9 cm³/mol. The monoisotopic (exact) mass is 160 g/mol. The Kier molecular flexibility index (Phi) is 6.05. The van der Waals surface area contributed by atoms with Gasteiger partial charge in [-0.05, 0) is 6.08 Å². The van der Waals surface area contributed by atoms with Gasteiger partial charge in [-0.25, -0.2) is 8.42 Å². The zero-order valence-electron chi connectivity index (χ0n) is 4.94. The number of hydrogen-bond donors (Lipinski definition) is 1. The quantitative estimate of drug-likeness (QED) is 0.254. The molecule has 0 saturated heterocycles. The summed E-state index contributed by atoms with van der Waals surface area (Å²) >= 11 is 0. The van der Waals surface area contributed by atoms with Crippen LogP contribution in [0.25, 0.3) is 0 Å². The molecule has 9 heavy (non-hydrogen) atoms. The van der Waals surface area contributed by atoms with Gasteiger partial charge in [-0.1, -0.05) is 6.58 Å². The molecule has 0 spiro atoms. The first-order chi connectivity index (χ1) is 3.48. The average molecular weight is 160 g/mol. The molecule has 0 aromatic rings. The van der Waals surface area contributed by atoms with Gasteiger partial charge in [0.1, 0.15) is 10.1 Å². The zero-order chi connectivity index (χ0) is 6.78. The molecule has 0 fully saturated rings. The van der Waals surface area contributed by atoms with Crippen LogP contribution in [0.5, 0.6) is 0 Å². The summed E-state index contributed by atoms with van der Waals surface area (Å²) in [6, 6.07) is 0. The maximum absolute atomic E-state index is 9.69. The molecule has 1 atom stereocenters. The van der Waals surface area contributed by atoms with Crippen LogP contribution in [0.1, 0.15) is 0 Å². The Morgan fingerprint density at radius 2 is 2.00 bits per heavy atom. The number of rotatable bonds is 2. The maximum Gasteiger partial charge on any atom is 1.00 e. The van der Waals surface area contributed by atoms with Gasteiger partial charge in [-0.2, -0.15) is 0 Å². The molecule has 0 aromatic heterocycles. The third kappa shape index (κ3) is 5.07. The van der Waals surface area contributed by atoms with Crippen molar-refractivity contribution >= 4 is 10.1 Å². The fraction of sp³-hybridized carbons (Fsp3) is 0.333. The van der Waals surface area contributed by atoms with E-state index in [2.05, 4.69) is 6.58 Å². The molecule has 0 aromatic carbocycles. The van der Waals surface area contributed by atoms with Crippen molar-refractivity contribution < 1.29 is 47.6 Å². The van der Waals surface area contributed by atoms with Gasteiger partial charge in [-0.3, -0.25) is 0 Å². The molecular weight excluding hydrogens is 155 g/mol. The summed E-state index contributed by atoms with van der Waals surface area (Å²) in [7, 11) is -4.57. The van der Waals surface area contributed by atoms with E-state index in [-0.39, 0.29) is 29.6 Å². The molecule has 6 heteroatoms. The van der Waals surface area contributed by atoms with Crippen LogP contribution in [0.3, 0.4) is 0 Å². The molecule has 1 N–H and O–H groups in total. The predicted octanol–water partition coefficient (Wildman–Crippen LogP) is -3.96. The molecule has 0 bridgehead atoms. The summed E-state index contributed by atoms with van der Waals surface area (Å²) < 4.78 is 29.1. The topological polar surface area (TPSA) is 77.4 Å². The standard InChI is InChI=1S/C3H6O4S.Na/c1-2-3(4)8(5,6)7;/h2-4H,1H2,(H,5,6,7);/q;+1/p-1. The average Bonchev–Trinajstić information content (AvgIpc) is 1.62. The van der Waals surface area contributed by atoms with Gasteiger partial charge in [0, 0.05) is 0 Å². The second-order valence-electron chi connectivity index (χ2n) is 1.12. The van der Waals surface area contributed by atoms with Gasteiger partial charge in [0.25, 0.3) is 0 Å². The fourth-order valence-corrected chi connectivity index (χ4v) is 0.354. The van der Waals surface area contributed by atoms with Crippen LogP contribution in [0.2, 0.25) is 0 Å². The molecule has 48 valence electrons. The zero-order valence-corrected chi connectivity index (χ0v) is 7.76. The van der Waals surface area contributed by atoms with Crippen LogP contribution in [-0.4, -0.2) is 23.5 Å². The summed E-state index contributed by atoms with van der Waals surface area (Å²) in [4.78, 5) is 0. The second kappa shape index (κ2) is 4.43. The molecule has 4 nitrogen and oxygen atoms in total. The van der Waals surface area contributed by atoms with Gasteiger partial charge in [-0.15, -0.1) is 0 Å². The van der Waals surface area contributed by atoms with Crippen molar-refractivity contribution in [2.24, 2.45) is 0 Å². The van der Waals surface area contributed by atoms with E-state index in [1.807, 2.05) is 0 Å². The first-order valence-electron chi connectivity index (χ1n) is 1.74. The summed E-state index contributed by atoms with van der Waals surface area (Å²) in [5.41, 5.74) is -1.97. The molecule has 0 aliphatic carbocycles. The van der Waals surface area contributed by atoms with E-state index in [9.17, 15) is 13.0 Å². The van der Waals surface area contributed by atoms with E-state index >= 15 is 0 Å². The van der Waals surface area contributed by atoms with Crippen LogP contribution in [-0.2, 0) is 10.1 Å². The van der Waals surface area contributed by atoms with Crippen LogP contribution in [0, 0.1) is 0 Å². The van der Waals surface area contributed by atoms with Crippen molar-refractivity contribution in [3.63, 3.8) is 0 Å². The molecular formula is C3H5NaO4S. The molecule has 0 heterocycles. The first-order valence-corrected chi connectivity index (χ1v) is 3.21. The summed E-state index contributed by atoms with van der Waals surface area (Å²) in [6.07, 6.45) is 0.655. The van der Waals surface area contributed by atoms with Crippen LogP contribution < -0.4 is 29.6 Å². The molecule has 0 aliphatic heterocycles. The van der Waals surface area contributed by atoms with Gasteiger partial charge in [0.15, 0.2) is 5.44 Å². The Hall–Kier alpha value is 0.610. The summed E-state index contributed by atoms with van der Waals surface area (Å²) in [5.74, 6) is 0. The SMILES string of the molecule is C=CC(O)S(=O)(=O)[O-].[Na+].